The molecule has 0 saturated heterocycles. The summed E-state index contributed by atoms with van der Waals surface area (Å²) in [6.07, 6.45) is 8.77. The van der Waals surface area contributed by atoms with E-state index in [1.807, 2.05) is 31.2 Å². The number of carboxylic acids is 1. The van der Waals surface area contributed by atoms with Crippen LogP contribution in [-0.2, 0) is 20.8 Å². The Morgan fingerprint density at radius 3 is 2.31 bits per heavy atom. The Hall–Kier alpha value is -2.89. The molecule has 0 heterocycles. The highest BCUT2D eigenvalue weighted by molar-refractivity contribution is 5.85. The van der Waals surface area contributed by atoms with Crippen LogP contribution in [0.5, 0.6) is 0 Å². The molecule has 0 bridgehead atoms. The van der Waals surface area contributed by atoms with Crippen molar-refractivity contribution in [1.29, 1.82) is 0 Å². The summed E-state index contributed by atoms with van der Waals surface area (Å²) in [5, 5.41) is 14.1. The Morgan fingerprint density at radius 2 is 1.72 bits per heavy atom. The van der Waals surface area contributed by atoms with Crippen molar-refractivity contribution in [2.24, 2.45) is 5.92 Å². The molecule has 1 aromatic rings. The minimum Gasteiger partial charge on any atom is -0.480 e. The number of aliphatic carboxylic acids is 1. The lowest BCUT2D eigenvalue weighted by atomic mass is 9.98. The molecule has 3 atom stereocenters. The third-order valence-corrected chi connectivity index (χ3v) is 4.60. The van der Waals surface area contributed by atoms with E-state index in [-0.39, 0.29) is 5.91 Å². The first-order valence-electron chi connectivity index (χ1n) is 9.90. The van der Waals surface area contributed by atoms with Crippen LogP contribution < -0.4 is 10.6 Å². The minimum absolute atomic E-state index is 0.255. The summed E-state index contributed by atoms with van der Waals surface area (Å²) in [7, 11) is 0. The van der Waals surface area contributed by atoms with Gasteiger partial charge in [-0.25, -0.2) is 0 Å². The summed E-state index contributed by atoms with van der Waals surface area (Å²) < 4.78 is 0. The third kappa shape index (κ3) is 9.74. The van der Waals surface area contributed by atoms with Crippen molar-refractivity contribution in [3.05, 3.63) is 59.7 Å². The van der Waals surface area contributed by atoms with Crippen LogP contribution in [0.3, 0.4) is 0 Å². The molecule has 0 aliphatic rings. The van der Waals surface area contributed by atoms with Gasteiger partial charge in [-0.15, -0.1) is 0 Å². The summed E-state index contributed by atoms with van der Waals surface area (Å²) in [6.45, 7) is 6.42. The number of carbonyl (C=O) groups excluding carboxylic acids is 2. The second-order valence-corrected chi connectivity index (χ2v) is 7.27. The largest absolute Gasteiger partial charge is 0.480 e. The lowest BCUT2D eigenvalue weighted by molar-refractivity contribution is -0.142. The number of carboxylic acid groups (broad SMARTS) is 1. The summed E-state index contributed by atoms with van der Waals surface area (Å²) in [5.41, 5.74) is 2.36. The summed E-state index contributed by atoms with van der Waals surface area (Å²) >= 11 is 0. The number of unbranched alkanes of at least 4 members (excludes halogenated alkanes) is 1. The maximum Gasteiger partial charge on any atom is 0.325 e. The normalized spacial score (nSPS) is 14.8. The van der Waals surface area contributed by atoms with Gasteiger partial charge in [0.15, 0.2) is 0 Å². The van der Waals surface area contributed by atoms with E-state index in [1.165, 1.54) is 19.4 Å². The van der Waals surface area contributed by atoms with E-state index in [0.717, 1.165) is 24.8 Å². The number of rotatable bonds is 11. The predicted octanol–water partition coefficient (Wildman–Crippen LogP) is 3.24. The van der Waals surface area contributed by atoms with Gasteiger partial charge < -0.3 is 15.7 Å². The molecular weight excluding hydrogens is 368 g/mol. The quantitative estimate of drug-likeness (QED) is 0.392. The standard InChI is InChI=1S/C23H32N2O4/c1-16(10-8-9-13-20-11-6-5-7-12-20)14-15-21(25-19(4)26)17(2)22(27)24-18(3)23(28)29/h5-7,10-12,14-15,17-18,21H,8-9,13H2,1-4H3,(H,24,27)(H,25,26)(H,28,29)/b15-14+,16-10+/t17-,18+,21-/m0/s1. The molecule has 0 fully saturated rings. The van der Waals surface area contributed by atoms with Gasteiger partial charge in [-0.3, -0.25) is 14.4 Å². The highest BCUT2D eigenvalue weighted by Crippen LogP contribution is 2.10. The van der Waals surface area contributed by atoms with Crippen LogP contribution in [0, 0.1) is 5.92 Å². The van der Waals surface area contributed by atoms with Gasteiger partial charge in [-0.05, 0) is 38.7 Å². The molecule has 3 N–H and O–H groups in total. The predicted molar refractivity (Wildman–Crippen MR) is 114 cm³/mol. The van der Waals surface area contributed by atoms with Crippen LogP contribution in [0.25, 0.3) is 0 Å². The number of nitrogens with one attached hydrogen (secondary N) is 2. The average molecular weight is 401 g/mol. The van der Waals surface area contributed by atoms with Gasteiger partial charge in [0.25, 0.3) is 0 Å². The van der Waals surface area contributed by atoms with Crippen molar-refractivity contribution in [3.63, 3.8) is 0 Å². The highest BCUT2D eigenvalue weighted by Gasteiger charge is 2.25. The lowest BCUT2D eigenvalue weighted by Gasteiger charge is -2.22. The van der Waals surface area contributed by atoms with Crippen LogP contribution in [0.2, 0.25) is 0 Å². The van der Waals surface area contributed by atoms with Gasteiger partial charge in [0.2, 0.25) is 11.8 Å². The Labute approximate surface area is 173 Å². The van der Waals surface area contributed by atoms with E-state index in [9.17, 15) is 14.4 Å². The SMILES string of the molecule is CC(=O)N[C@@H](/C=C/C(C)=C/CCCc1ccccc1)[C@H](C)C(=O)N[C@H](C)C(=O)O. The molecule has 2 amide bonds. The van der Waals surface area contributed by atoms with Crippen LogP contribution in [0.1, 0.15) is 46.1 Å². The van der Waals surface area contributed by atoms with Crippen molar-refractivity contribution in [1.82, 2.24) is 10.6 Å². The molecule has 6 nitrogen and oxygen atoms in total. The molecule has 0 aliphatic carbocycles. The summed E-state index contributed by atoms with van der Waals surface area (Å²) in [4.78, 5) is 34.7. The molecule has 6 heteroatoms. The molecular formula is C23H32N2O4. The number of carbonyl (C=O) groups is 3. The van der Waals surface area contributed by atoms with E-state index in [0.29, 0.717) is 0 Å². The monoisotopic (exact) mass is 400 g/mol. The van der Waals surface area contributed by atoms with Crippen molar-refractivity contribution in [2.75, 3.05) is 0 Å². The highest BCUT2D eigenvalue weighted by atomic mass is 16.4. The van der Waals surface area contributed by atoms with E-state index in [4.69, 9.17) is 5.11 Å². The Kier molecular flexibility index (Phi) is 10.4. The van der Waals surface area contributed by atoms with Crippen molar-refractivity contribution in [3.8, 4) is 0 Å². The van der Waals surface area contributed by atoms with Gasteiger partial charge >= 0.3 is 5.97 Å². The molecule has 0 aromatic heterocycles. The Balaban J connectivity index is 2.64. The second-order valence-electron chi connectivity index (χ2n) is 7.27. The fourth-order valence-electron chi connectivity index (χ4n) is 2.75. The first-order valence-corrected chi connectivity index (χ1v) is 9.90. The molecule has 0 saturated carbocycles. The number of amides is 2. The van der Waals surface area contributed by atoms with Crippen LogP contribution >= 0.6 is 0 Å². The van der Waals surface area contributed by atoms with Gasteiger partial charge in [0.1, 0.15) is 6.04 Å². The topological polar surface area (TPSA) is 95.5 Å². The van der Waals surface area contributed by atoms with Crippen molar-refractivity contribution in [2.45, 2.75) is 59.0 Å². The zero-order valence-electron chi connectivity index (χ0n) is 17.6. The first-order chi connectivity index (χ1) is 13.7. The van der Waals surface area contributed by atoms with E-state index < -0.39 is 29.9 Å². The fraction of sp³-hybridized carbons (Fsp3) is 0.435. The molecule has 1 aromatic carbocycles. The van der Waals surface area contributed by atoms with Gasteiger partial charge in [-0.2, -0.15) is 0 Å². The van der Waals surface area contributed by atoms with E-state index in [2.05, 4.69) is 28.8 Å². The van der Waals surface area contributed by atoms with Gasteiger partial charge in [-0.1, -0.05) is 61.1 Å². The zero-order valence-corrected chi connectivity index (χ0v) is 17.6. The molecule has 0 radical (unpaired) electrons. The lowest BCUT2D eigenvalue weighted by Crippen LogP contribution is -2.47. The Morgan fingerprint density at radius 1 is 1.07 bits per heavy atom. The van der Waals surface area contributed by atoms with Gasteiger partial charge in [0, 0.05) is 6.92 Å². The average Bonchev–Trinajstić information content (AvgIpc) is 2.68. The van der Waals surface area contributed by atoms with Crippen molar-refractivity contribution >= 4 is 17.8 Å². The van der Waals surface area contributed by atoms with Crippen molar-refractivity contribution < 1.29 is 19.5 Å². The number of allylic oxidation sites excluding steroid dienone is 3. The third-order valence-electron chi connectivity index (χ3n) is 4.60. The van der Waals surface area contributed by atoms with Gasteiger partial charge in [0.05, 0.1) is 12.0 Å². The van der Waals surface area contributed by atoms with E-state index in [1.54, 1.807) is 13.0 Å². The Bertz CT molecular complexity index is 741. The van der Waals surface area contributed by atoms with E-state index >= 15 is 0 Å². The molecule has 29 heavy (non-hydrogen) atoms. The fourth-order valence-corrected chi connectivity index (χ4v) is 2.75. The maximum absolute atomic E-state index is 12.3. The smallest absolute Gasteiger partial charge is 0.325 e. The molecule has 0 aliphatic heterocycles. The number of hydrogen-bond acceptors (Lipinski definition) is 3. The minimum atomic E-state index is -1.11. The van der Waals surface area contributed by atoms with Crippen LogP contribution in [0.4, 0.5) is 0 Å². The maximum atomic E-state index is 12.3. The summed E-state index contributed by atoms with van der Waals surface area (Å²) in [5.74, 6) is -2.39. The first kappa shape index (κ1) is 24.1. The zero-order chi connectivity index (χ0) is 21.8. The van der Waals surface area contributed by atoms with Crippen LogP contribution in [0.15, 0.2) is 54.1 Å². The summed E-state index contributed by atoms with van der Waals surface area (Å²) in [6, 6.07) is 8.80. The molecule has 158 valence electrons. The molecule has 0 unspecified atom stereocenters. The molecule has 0 spiro atoms. The number of benzene rings is 1. The second kappa shape index (κ2) is 12.5. The van der Waals surface area contributed by atoms with Crippen LogP contribution in [-0.4, -0.2) is 35.0 Å². The number of aryl methyl sites for hydroxylation is 1. The molecule has 1 rings (SSSR count). The number of hydrogen-bond donors (Lipinski definition) is 3.